The predicted molar refractivity (Wildman–Crippen MR) is 159 cm³/mol. The molecule has 0 heterocycles. The first-order valence-corrected chi connectivity index (χ1v) is 14.2. The highest BCUT2D eigenvalue weighted by Crippen LogP contribution is 2.09. The maximum atomic E-state index is 10.3. The van der Waals surface area contributed by atoms with Crippen LogP contribution in [-0.2, 0) is 0 Å². The third-order valence-electron chi connectivity index (χ3n) is 5.20. The van der Waals surface area contributed by atoms with E-state index in [0.717, 1.165) is 6.07 Å². The van der Waals surface area contributed by atoms with Crippen molar-refractivity contribution in [2.75, 3.05) is 0 Å². The third kappa shape index (κ3) is 10.5. The minimum atomic E-state index is -1.40. The number of carbonyl (C=O) groups is 2. The molecule has 5 rings (SSSR count). The molecule has 0 fully saturated rings. The van der Waals surface area contributed by atoms with Gasteiger partial charge in [0.2, 0.25) is 0 Å². The predicted octanol–water partition coefficient (Wildman–Crippen LogP) is 2.51. The zero-order valence-corrected chi connectivity index (χ0v) is 23.0. The molecule has 0 unspecified atom stereocenters. The first kappa shape index (κ1) is 28.5. The van der Waals surface area contributed by atoms with E-state index in [9.17, 15) is 19.8 Å². The molecule has 5 aromatic rings. The van der Waals surface area contributed by atoms with Gasteiger partial charge >= 0.3 is 0 Å². The van der Waals surface area contributed by atoms with Crippen LogP contribution in [0.1, 0.15) is 20.7 Å². The molecule has 0 aliphatic carbocycles. The van der Waals surface area contributed by atoms with E-state index in [1.54, 1.807) is 0 Å². The topological polar surface area (TPSA) is 80.3 Å². The van der Waals surface area contributed by atoms with Gasteiger partial charge in [0.05, 0.1) is 50.3 Å². The van der Waals surface area contributed by atoms with Crippen LogP contribution in [0, 0.1) is 0 Å². The van der Waals surface area contributed by atoms with Crippen LogP contribution in [0.15, 0.2) is 146 Å². The minimum absolute atomic E-state index is 0.170. The standard InChI is InChI=1S/2C12H11P.C8H6O4/c2*1-3-7-11(8-4-1)13-12-9-5-2-6-10-12;9-7(10)5-2-1-3-6(4-5)8(11)12/h2*1-10,13H;1-4H,(H,9,10)(H,11,12). The molecule has 6 heteroatoms. The summed E-state index contributed by atoms with van der Waals surface area (Å²) < 4.78 is 0. The molecule has 0 aromatic heterocycles. The van der Waals surface area contributed by atoms with Crippen molar-refractivity contribution >= 4 is 50.3 Å². The Bertz CT molecular complexity index is 1210. The molecule has 4 nitrogen and oxygen atoms in total. The zero-order chi connectivity index (χ0) is 27.0. The molecular weight excluding hydrogens is 510 g/mol. The van der Waals surface area contributed by atoms with E-state index in [-0.39, 0.29) is 28.3 Å². The first-order chi connectivity index (χ1) is 18.5. The average molecular weight is 539 g/mol. The Labute approximate surface area is 226 Å². The van der Waals surface area contributed by atoms with E-state index < -0.39 is 11.9 Å². The van der Waals surface area contributed by atoms with Crippen molar-refractivity contribution < 1.29 is 19.8 Å². The highest BCUT2D eigenvalue weighted by molar-refractivity contribution is 7.55. The molecule has 0 radical (unpaired) electrons. The van der Waals surface area contributed by atoms with Gasteiger partial charge in [-0.2, -0.15) is 0 Å². The van der Waals surface area contributed by atoms with E-state index >= 15 is 0 Å². The molecule has 0 atom stereocenters. The Balaban J connectivity index is 0.000000158. The SMILES string of the molecule is O=C([O-])c1cccc(C(=O)[O-])c1.c1ccc([PH2+]c2ccccc2)cc1.c1ccc([PH2+]c2ccccc2)cc1. The first-order valence-electron chi connectivity index (χ1n) is 11.9. The van der Waals surface area contributed by atoms with Gasteiger partial charge in [-0.05, 0) is 65.7 Å². The minimum Gasteiger partial charge on any atom is -0.545 e. The van der Waals surface area contributed by atoms with Gasteiger partial charge in [0.15, 0.2) is 0 Å². The van der Waals surface area contributed by atoms with Gasteiger partial charge in [0, 0.05) is 0 Å². The van der Waals surface area contributed by atoms with Gasteiger partial charge in [-0.25, -0.2) is 0 Å². The number of aromatic carboxylic acids is 2. The van der Waals surface area contributed by atoms with E-state index in [4.69, 9.17) is 0 Å². The van der Waals surface area contributed by atoms with Gasteiger partial charge < -0.3 is 19.8 Å². The van der Waals surface area contributed by atoms with Crippen molar-refractivity contribution in [1.82, 2.24) is 0 Å². The molecule has 0 aliphatic heterocycles. The summed E-state index contributed by atoms with van der Waals surface area (Å²) in [5, 5.41) is 26.3. The number of carboxylic acid groups (broad SMARTS) is 2. The Hall–Kier alpha value is -4.10. The summed E-state index contributed by atoms with van der Waals surface area (Å²) in [6.45, 7) is 0. The number of benzene rings is 5. The van der Waals surface area contributed by atoms with Crippen LogP contribution in [0.2, 0.25) is 0 Å². The molecular formula is C32H28O4P2. The summed E-state index contributed by atoms with van der Waals surface area (Å²) in [6.07, 6.45) is 0. The lowest BCUT2D eigenvalue weighted by Gasteiger charge is -2.05. The van der Waals surface area contributed by atoms with Crippen molar-refractivity contribution in [3.63, 3.8) is 0 Å². The fraction of sp³-hybridized carbons (Fsp3) is 0. The summed E-state index contributed by atoms with van der Waals surface area (Å²) in [7, 11) is 0.543. The van der Waals surface area contributed by atoms with Crippen LogP contribution in [0.5, 0.6) is 0 Å². The van der Waals surface area contributed by atoms with Gasteiger partial charge in [-0.3, -0.25) is 0 Å². The second-order valence-corrected chi connectivity index (χ2v) is 11.3. The molecule has 190 valence electrons. The molecule has 5 aromatic carbocycles. The maximum absolute atomic E-state index is 10.3. The van der Waals surface area contributed by atoms with Crippen LogP contribution >= 0.6 is 17.2 Å². The highest BCUT2D eigenvalue weighted by atomic mass is 31.1. The molecule has 0 spiro atoms. The van der Waals surface area contributed by atoms with E-state index in [0.29, 0.717) is 0 Å². The zero-order valence-electron chi connectivity index (χ0n) is 20.6. The maximum Gasteiger partial charge on any atom is 0.0942 e. The van der Waals surface area contributed by atoms with Gasteiger partial charge in [-0.1, -0.05) is 91.0 Å². The second kappa shape index (κ2) is 15.9. The monoisotopic (exact) mass is 538 g/mol. The van der Waals surface area contributed by atoms with Crippen molar-refractivity contribution in [2.45, 2.75) is 0 Å². The third-order valence-corrected chi connectivity index (χ3v) is 8.07. The second-order valence-electron chi connectivity index (χ2n) is 8.09. The lowest BCUT2D eigenvalue weighted by Crippen LogP contribution is -2.25. The van der Waals surface area contributed by atoms with Gasteiger partial charge in [-0.15, -0.1) is 0 Å². The molecule has 0 saturated heterocycles. The van der Waals surface area contributed by atoms with Crippen LogP contribution in [0.4, 0.5) is 0 Å². The molecule has 0 saturated carbocycles. The van der Waals surface area contributed by atoms with Crippen LogP contribution in [0.25, 0.3) is 0 Å². The average Bonchev–Trinajstić information content (AvgIpc) is 2.96. The summed E-state index contributed by atoms with van der Waals surface area (Å²) in [4.78, 5) is 20.5. The lowest BCUT2D eigenvalue weighted by atomic mass is 10.1. The number of rotatable bonds is 6. The molecule has 38 heavy (non-hydrogen) atoms. The Morgan fingerprint density at radius 2 is 0.658 bits per heavy atom. The number of hydrogen-bond donors (Lipinski definition) is 0. The highest BCUT2D eigenvalue weighted by Gasteiger charge is 2.01. The lowest BCUT2D eigenvalue weighted by molar-refractivity contribution is -0.255. The van der Waals surface area contributed by atoms with E-state index in [1.165, 1.54) is 39.4 Å². The molecule has 0 bridgehead atoms. The fourth-order valence-corrected chi connectivity index (χ4v) is 5.78. The Morgan fingerprint density at radius 3 is 0.895 bits per heavy atom. The van der Waals surface area contributed by atoms with Gasteiger partial charge in [0.1, 0.15) is 0 Å². The molecule has 0 aliphatic rings. The summed E-state index contributed by atoms with van der Waals surface area (Å²) >= 11 is 0. The summed E-state index contributed by atoms with van der Waals surface area (Å²) in [5.41, 5.74) is -0.339. The van der Waals surface area contributed by atoms with Crippen LogP contribution in [-0.4, -0.2) is 11.9 Å². The fourth-order valence-electron chi connectivity index (χ4n) is 3.36. The summed E-state index contributed by atoms with van der Waals surface area (Å²) in [5.74, 6) is -2.81. The number of hydrogen-bond acceptors (Lipinski definition) is 4. The quantitative estimate of drug-likeness (QED) is 0.311. The van der Waals surface area contributed by atoms with E-state index in [1.807, 2.05) is 0 Å². The van der Waals surface area contributed by atoms with Crippen LogP contribution in [0.3, 0.4) is 0 Å². The largest absolute Gasteiger partial charge is 0.545 e. The molecule has 0 N–H and O–H groups in total. The Morgan fingerprint density at radius 1 is 0.395 bits per heavy atom. The van der Waals surface area contributed by atoms with Crippen molar-refractivity contribution in [2.24, 2.45) is 0 Å². The Kier molecular flexibility index (Phi) is 11.9. The smallest absolute Gasteiger partial charge is 0.0942 e. The normalized spacial score (nSPS) is 9.68. The van der Waals surface area contributed by atoms with E-state index in [2.05, 4.69) is 121 Å². The van der Waals surface area contributed by atoms with Crippen molar-refractivity contribution in [3.8, 4) is 0 Å². The van der Waals surface area contributed by atoms with Crippen molar-refractivity contribution in [1.29, 1.82) is 0 Å². The molecule has 0 amide bonds. The summed E-state index contributed by atoms with van der Waals surface area (Å²) in [6, 6.07) is 47.5. The number of carboxylic acids is 2. The van der Waals surface area contributed by atoms with Crippen LogP contribution < -0.4 is 31.4 Å². The van der Waals surface area contributed by atoms with Gasteiger partial charge in [0.25, 0.3) is 0 Å². The number of carbonyl (C=O) groups excluding carboxylic acids is 2. The van der Waals surface area contributed by atoms with Crippen molar-refractivity contribution in [3.05, 3.63) is 157 Å².